The zero-order chi connectivity index (χ0) is 26.0. The molecule has 0 radical (unpaired) electrons. The molecule has 2 aromatic rings. The van der Waals surface area contributed by atoms with Crippen LogP contribution in [0.3, 0.4) is 0 Å². The van der Waals surface area contributed by atoms with E-state index in [0.717, 1.165) is 45.9 Å². The number of benzene rings is 1. The molecular formula is C28H46N4O2S2. The van der Waals surface area contributed by atoms with Gasteiger partial charge in [0.15, 0.2) is 4.34 Å². The molecule has 6 nitrogen and oxygen atoms in total. The van der Waals surface area contributed by atoms with Crippen LogP contribution >= 0.6 is 23.1 Å². The highest BCUT2D eigenvalue weighted by molar-refractivity contribution is 8.01. The molecule has 1 heterocycles. The van der Waals surface area contributed by atoms with Gasteiger partial charge >= 0.3 is 0 Å². The second kappa shape index (κ2) is 18.4. The van der Waals surface area contributed by atoms with E-state index >= 15 is 0 Å². The lowest BCUT2D eigenvalue weighted by molar-refractivity contribution is -0.129. The van der Waals surface area contributed by atoms with Crippen molar-refractivity contribution in [3.8, 4) is 0 Å². The molecule has 0 aliphatic heterocycles. The van der Waals surface area contributed by atoms with Crippen molar-refractivity contribution in [3.05, 3.63) is 18.2 Å². The smallest absolute Gasteiger partial charge is 0.224 e. The Hall–Kier alpha value is -1.80. The van der Waals surface area contributed by atoms with Crippen molar-refractivity contribution in [1.29, 1.82) is 0 Å². The van der Waals surface area contributed by atoms with Crippen LogP contribution in [0, 0.1) is 5.92 Å². The van der Waals surface area contributed by atoms with E-state index in [9.17, 15) is 9.59 Å². The largest absolute Gasteiger partial charge is 0.399 e. The molecule has 0 aliphatic carbocycles. The fourth-order valence-electron chi connectivity index (χ4n) is 4.07. The first-order chi connectivity index (χ1) is 17.5. The van der Waals surface area contributed by atoms with Crippen molar-refractivity contribution in [2.24, 2.45) is 5.92 Å². The molecule has 0 fully saturated rings. The number of aromatic nitrogens is 1. The molecule has 0 saturated heterocycles. The van der Waals surface area contributed by atoms with E-state index in [1.54, 1.807) is 23.1 Å². The molecule has 0 aliphatic rings. The number of nitrogen functional groups attached to an aromatic ring is 1. The number of nitrogens with one attached hydrogen (secondary N) is 2. The molecule has 0 bridgehead atoms. The number of nitrogens with two attached hydrogens (primary N) is 1. The SMILES string of the molecule is CCCCCCCCNC(=O)CC(CSc1nc2ccc(N)cc2s1)C(=O)NCCCCCCCC. The minimum absolute atomic E-state index is 0.0314. The van der Waals surface area contributed by atoms with Crippen molar-refractivity contribution in [2.75, 3.05) is 24.6 Å². The number of hydrogen-bond donors (Lipinski definition) is 3. The van der Waals surface area contributed by atoms with Gasteiger partial charge in [-0.1, -0.05) is 89.8 Å². The predicted molar refractivity (Wildman–Crippen MR) is 156 cm³/mol. The average molecular weight is 535 g/mol. The maximum atomic E-state index is 13.0. The maximum absolute atomic E-state index is 13.0. The van der Waals surface area contributed by atoms with E-state index in [4.69, 9.17) is 5.73 Å². The molecular weight excluding hydrogens is 488 g/mol. The first-order valence-electron chi connectivity index (χ1n) is 13.9. The van der Waals surface area contributed by atoms with E-state index in [1.807, 2.05) is 18.2 Å². The molecule has 8 heteroatoms. The van der Waals surface area contributed by atoms with Gasteiger partial charge in [0.2, 0.25) is 11.8 Å². The van der Waals surface area contributed by atoms with E-state index in [1.165, 1.54) is 51.4 Å². The number of unbranched alkanes of at least 4 members (excludes halogenated alkanes) is 10. The molecule has 4 N–H and O–H groups in total. The predicted octanol–water partition coefficient (Wildman–Crippen LogP) is 6.93. The highest BCUT2D eigenvalue weighted by atomic mass is 32.2. The summed E-state index contributed by atoms with van der Waals surface area (Å²) in [7, 11) is 0. The van der Waals surface area contributed by atoms with Crippen molar-refractivity contribution in [3.63, 3.8) is 0 Å². The number of thioether (sulfide) groups is 1. The first kappa shape index (κ1) is 30.4. The molecule has 36 heavy (non-hydrogen) atoms. The van der Waals surface area contributed by atoms with Crippen LogP contribution in [0.5, 0.6) is 0 Å². The second-order valence-electron chi connectivity index (χ2n) is 9.60. The lowest BCUT2D eigenvalue weighted by Gasteiger charge is -2.16. The van der Waals surface area contributed by atoms with Gasteiger partial charge in [-0.3, -0.25) is 9.59 Å². The second-order valence-corrected chi connectivity index (χ2v) is 11.9. The summed E-state index contributed by atoms with van der Waals surface area (Å²) in [4.78, 5) is 30.3. The van der Waals surface area contributed by atoms with E-state index < -0.39 is 0 Å². The van der Waals surface area contributed by atoms with Crippen LogP contribution in [0.1, 0.15) is 97.3 Å². The summed E-state index contributed by atoms with van der Waals surface area (Å²) in [6, 6.07) is 5.70. The fraction of sp³-hybridized carbons (Fsp3) is 0.679. The standard InChI is InChI=1S/C28H46N4O2S2/c1-3-5-7-9-11-13-17-30-26(33)19-22(27(34)31-18-14-12-10-8-6-4-2)21-35-28-32-24-16-15-23(29)20-25(24)36-28/h15-16,20,22H,3-14,17-19,21,29H2,1-2H3,(H,30,33)(H,31,34). The van der Waals surface area contributed by atoms with E-state index in [0.29, 0.717) is 18.8 Å². The third-order valence-electron chi connectivity index (χ3n) is 6.29. The summed E-state index contributed by atoms with van der Waals surface area (Å²) in [5.74, 6) is 0.0797. The van der Waals surface area contributed by atoms with E-state index in [2.05, 4.69) is 29.5 Å². The average Bonchev–Trinajstić information content (AvgIpc) is 3.27. The number of fused-ring (bicyclic) bond motifs is 1. The van der Waals surface area contributed by atoms with Crippen LogP contribution in [-0.2, 0) is 9.59 Å². The summed E-state index contributed by atoms with van der Waals surface area (Å²) in [5.41, 5.74) is 7.53. The van der Waals surface area contributed by atoms with Crippen LogP contribution in [0.4, 0.5) is 5.69 Å². The van der Waals surface area contributed by atoms with Crippen molar-refractivity contribution < 1.29 is 9.59 Å². The Morgan fingerprint density at radius 3 is 2.19 bits per heavy atom. The molecule has 2 rings (SSSR count). The first-order valence-corrected chi connectivity index (χ1v) is 15.7. The van der Waals surface area contributed by atoms with Crippen LogP contribution in [0.25, 0.3) is 10.2 Å². The highest BCUT2D eigenvalue weighted by Crippen LogP contribution is 2.32. The molecule has 1 aromatic carbocycles. The molecule has 1 unspecified atom stereocenters. The Balaban J connectivity index is 1.83. The maximum Gasteiger partial charge on any atom is 0.224 e. The van der Waals surface area contributed by atoms with Crippen LogP contribution in [0.15, 0.2) is 22.5 Å². The minimum atomic E-state index is -0.378. The molecule has 202 valence electrons. The minimum Gasteiger partial charge on any atom is -0.399 e. The van der Waals surface area contributed by atoms with Gasteiger partial charge in [0.25, 0.3) is 0 Å². The topological polar surface area (TPSA) is 97.1 Å². The van der Waals surface area contributed by atoms with Gasteiger partial charge in [-0.25, -0.2) is 4.98 Å². The third kappa shape index (κ3) is 12.4. The normalized spacial score (nSPS) is 12.1. The summed E-state index contributed by atoms with van der Waals surface area (Å²) in [6.07, 6.45) is 14.4. The van der Waals surface area contributed by atoms with Gasteiger partial charge in [-0.2, -0.15) is 0 Å². The van der Waals surface area contributed by atoms with Crippen molar-refractivity contribution in [1.82, 2.24) is 15.6 Å². The lowest BCUT2D eigenvalue weighted by atomic mass is 10.1. The van der Waals surface area contributed by atoms with Gasteiger partial charge in [0.1, 0.15) is 0 Å². The summed E-state index contributed by atoms with van der Waals surface area (Å²) < 4.78 is 1.94. The molecule has 2 amide bonds. The number of carbonyl (C=O) groups excluding carboxylic acids is 2. The Labute approximate surface area is 226 Å². The van der Waals surface area contributed by atoms with Crippen molar-refractivity contribution in [2.45, 2.75) is 102 Å². The van der Waals surface area contributed by atoms with Crippen LogP contribution < -0.4 is 16.4 Å². The number of carbonyl (C=O) groups is 2. The zero-order valence-corrected chi connectivity index (χ0v) is 23.9. The van der Waals surface area contributed by atoms with Gasteiger partial charge in [-0.15, -0.1) is 11.3 Å². The number of amides is 2. The highest BCUT2D eigenvalue weighted by Gasteiger charge is 2.23. The van der Waals surface area contributed by atoms with Crippen LogP contribution in [0.2, 0.25) is 0 Å². The third-order valence-corrected chi connectivity index (χ3v) is 8.61. The van der Waals surface area contributed by atoms with Gasteiger partial charge in [0.05, 0.1) is 16.1 Å². The Morgan fingerprint density at radius 1 is 0.917 bits per heavy atom. The number of thiazole rings is 1. The summed E-state index contributed by atoms with van der Waals surface area (Å²) in [5, 5.41) is 6.11. The number of hydrogen-bond acceptors (Lipinski definition) is 6. The Bertz CT molecular complexity index is 903. The monoisotopic (exact) mass is 534 g/mol. The van der Waals surface area contributed by atoms with Gasteiger partial charge in [0, 0.05) is 31.0 Å². The quantitative estimate of drug-likeness (QED) is 0.0972. The Morgan fingerprint density at radius 2 is 1.53 bits per heavy atom. The van der Waals surface area contributed by atoms with E-state index in [-0.39, 0.29) is 24.2 Å². The lowest BCUT2D eigenvalue weighted by Crippen LogP contribution is -2.36. The number of rotatable bonds is 20. The van der Waals surface area contributed by atoms with Crippen LogP contribution in [-0.4, -0.2) is 35.6 Å². The molecule has 0 saturated carbocycles. The molecule has 1 atom stereocenters. The van der Waals surface area contributed by atoms with Crippen molar-refractivity contribution >= 4 is 50.8 Å². The summed E-state index contributed by atoms with van der Waals surface area (Å²) in [6.45, 7) is 5.78. The number of anilines is 1. The molecule has 0 spiro atoms. The number of nitrogens with zero attached hydrogens (tertiary/aromatic N) is 1. The zero-order valence-electron chi connectivity index (χ0n) is 22.3. The molecule has 1 aromatic heterocycles. The Kier molecular flexibility index (Phi) is 15.6. The fourth-order valence-corrected chi connectivity index (χ4v) is 6.30. The van der Waals surface area contributed by atoms with Gasteiger partial charge in [-0.05, 0) is 31.0 Å². The van der Waals surface area contributed by atoms with Gasteiger partial charge < -0.3 is 16.4 Å². The summed E-state index contributed by atoms with van der Waals surface area (Å²) >= 11 is 3.13.